The first kappa shape index (κ1) is 16.9. The van der Waals surface area contributed by atoms with Crippen LogP contribution in [0.15, 0.2) is 36.5 Å². The molecular formula is C20H19FN6O. The first-order valence-corrected chi connectivity index (χ1v) is 9.12. The molecule has 0 aliphatic carbocycles. The fourth-order valence-electron chi connectivity index (χ4n) is 3.97. The van der Waals surface area contributed by atoms with Gasteiger partial charge in [0, 0.05) is 25.5 Å². The summed E-state index contributed by atoms with van der Waals surface area (Å²) in [7, 11) is 3.72. The Labute approximate surface area is 160 Å². The molecule has 3 aromatic heterocycles. The van der Waals surface area contributed by atoms with Gasteiger partial charge in [-0.05, 0) is 25.2 Å². The van der Waals surface area contributed by atoms with Gasteiger partial charge >= 0.3 is 0 Å². The zero-order valence-electron chi connectivity index (χ0n) is 15.5. The molecular weight excluding hydrogens is 359 g/mol. The van der Waals surface area contributed by atoms with Gasteiger partial charge in [0.15, 0.2) is 5.65 Å². The van der Waals surface area contributed by atoms with Crippen molar-refractivity contribution in [2.45, 2.75) is 6.04 Å². The molecule has 5 rings (SSSR count). The van der Waals surface area contributed by atoms with Crippen molar-refractivity contribution in [2.24, 2.45) is 0 Å². The molecule has 1 saturated heterocycles. The number of rotatable bonds is 3. The van der Waals surface area contributed by atoms with Crippen LogP contribution in [-0.4, -0.2) is 58.4 Å². The molecule has 2 N–H and O–H groups in total. The van der Waals surface area contributed by atoms with E-state index >= 15 is 0 Å². The van der Waals surface area contributed by atoms with Crippen LogP contribution in [0.4, 0.5) is 10.1 Å². The lowest BCUT2D eigenvalue weighted by molar-refractivity contribution is 0.0860. The number of aromatic nitrogens is 3. The van der Waals surface area contributed by atoms with Gasteiger partial charge in [0.05, 0.1) is 29.0 Å². The third kappa shape index (κ3) is 2.41. The molecule has 8 heteroatoms. The molecule has 0 unspecified atom stereocenters. The number of nitrogens with one attached hydrogen (secondary N) is 2. The number of hydrogen-bond donors (Lipinski definition) is 2. The minimum atomic E-state index is -0.459. The molecule has 1 aliphatic heterocycles. The number of halogens is 1. The predicted octanol–water partition coefficient (Wildman–Crippen LogP) is 2.26. The summed E-state index contributed by atoms with van der Waals surface area (Å²) in [4.78, 5) is 24.4. The molecule has 0 radical (unpaired) electrons. The fourth-order valence-corrected chi connectivity index (χ4v) is 3.97. The Bertz CT molecular complexity index is 1240. The third-order valence-electron chi connectivity index (χ3n) is 5.23. The van der Waals surface area contributed by atoms with E-state index in [1.165, 1.54) is 12.3 Å². The Kier molecular flexibility index (Phi) is 3.70. The molecule has 1 aliphatic rings. The van der Waals surface area contributed by atoms with Crippen LogP contribution in [0, 0.1) is 5.82 Å². The van der Waals surface area contributed by atoms with Crippen molar-refractivity contribution in [3.05, 3.63) is 47.9 Å². The first-order chi connectivity index (χ1) is 13.6. The molecule has 0 bridgehead atoms. The average Bonchev–Trinajstić information content (AvgIpc) is 3.04. The molecule has 28 heavy (non-hydrogen) atoms. The highest BCUT2D eigenvalue weighted by Gasteiger charge is 2.29. The molecule has 1 aromatic carbocycles. The molecule has 1 amide bonds. The van der Waals surface area contributed by atoms with E-state index in [2.05, 4.69) is 20.5 Å². The minimum Gasteiger partial charge on any atom is -0.387 e. The van der Waals surface area contributed by atoms with Crippen molar-refractivity contribution in [2.75, 3.05) is 32.5 Å². The van der Waals surface area contributed by atoms with E-state index in [0.717, 1.165) is 24.1 Å². The molecule has 0 atom stereocenters. The number of anilines is 1. The molecule has 4 heterocycles. The lowest BCUT2D eigenvalue weighted by Gasteiger charge is -2.36. The third-order valence-corrected chi connectivity index (χ3v) is 5.23. The van der Waals surface area contributed by atoms with Gasteiger partial charge < -0.3 is 15.5 Å². The van der Waals surface area contributed by atoms with Crippen molar-refractivity contribution in [1.29, 1.82) is 0 Å². The number of fused-ring (bicyclic) bond motifs is 5. The summed E-state index contributed by atoms with van der Waals surface area (Å²) in [6, 6.07) is 9.10. The van der Waals surface area contributed by atoms with Crippen molar-refractivity contribution in [3.8, 4) is 0 Å². The van der Waals surface area contributed by atoms with Gasteiger partial charge in [-0.25, -0.2) is 14.4 Å². The molecule has 142 valence electrons. The van der Waals surface area contributed by atoms with Gasteiger partial charge in [0.2, 0.25) is 0 Å². The van der Waals surface area contributed by atoms with E-state index < -0.39 is 5.82 Å². The van der Waals surface area contributed by atoms with Gasteiger partial charge in [-0.15, -0.1) is 0 Å². The molecule has 0 saturated carbocycles. The monoisotopic (exact) mass is 378 g/mol. The van der Waals surface area contributed by atoms with Crippen molar-refractivity contribution in [3.63, 3.8) is 0 Å². The number of carbonyl (C=O) groups excluding carboxylic acids is 1. The van der Waals surface area contributed by atoms with Crippen molar-refractivity contribution >= 4 is 39.3 Å². The average molecular weight is 378 g/mol. The smallest absolute Gasteiger partial charge is 0.257 e. The number of pyridine rings is 2. The SMILES string of the molecule is CNc1c(C(=O)NC2CN(C)C2)c2nc3ccccc3n2c2ncc(F)cc12. The van der Waals surface area contributed by atoms with E-state index in [4.69, 9.17) is 4.98 Å². The van der Waals surface area contributed by atoms with Crippen molar-refractivity contribution < 1.29 is 9.18 Å². The van der Waals surface area contributed by atoms with Gasteiger partial charge in [0.25, 0.3) is 5.91 Å². The van der Waals surface area contributed by atoms with Crippen LogP contribution in [0.3, 0.4) is 0 Å². The van der Waals surface area contributed by atoms with Crippen LogP contribution in [0.25, 0.3) is 27.7 Å². The summed E-state index contributed by atoms with van der Waals surface area (Å²) in [5.41, 5.74) is 3.54. The summed E-state index contributed by atoms with van der Waals surface area (Å²) in [6.45, 7) is 1.61. The van der Waals surface area contributed by atoms with Crippen LogP contribution in [0.5, 0.6) is 0 Å². The number of nitrogens with zero attached hydrogens (tertiary/aromatic N) is 4. The molecule has 7 nitrogen and oxygen atoms in total. The standard InChI is InChI=1S/C20H19FN6O/c1-22-17-13-7-11(21)8-23-18(13)27-15-6-4-3-5-14(15)25-19(27)16(17)20(28)24-12-9-26(2)10-12/h3-8,12,22H,9-10H2,1-2H3,(H,24,28). The maximum Gasteiger partial charge on any atom is 0.257 e. The second-order valence-corrected chi connectivity index (χ2v) is 7.18. The van der Waals surface area contributed by atoms with Crippen LogP contribution in [0.2, 0.25) is 0 Å². The number of likely N-dealkylation sites (N-methyl/N-ethyl adjacent to an activating group) is 1. The normalized spacial score (nSPS) is 15.2. The van der Waals surface area contributed by atoms with E-state index in [0.29, 0.717) is 27.9 Å². The number of benzene rings is 1. The predicted molar refractivity (Wildman–Crippen MR) is 106 cm³/mol. The number of likely N-dealkylation sites (tertiary alicyclic amines) is 1. The maximum atomic E-state index is 14.0. The van der Waals surface area contributed by atoms with Gasteiger partial charge in [-0.2, -0.15) is 0 Å². The van der Waals surface area contributed by atoms with Crippen molar-refractivity contribution in [1.82, 2.24) is 24.6 Å². The molecule has 0 spiro atoms. The largest absolute Gasteiger partial charge is 0.387 e. The Hall–Kier alpha value is -3.26. The van der Waals surface area contributed by atoms with E-state index in [9.17, 15) is 9.18 Å². The highest BCUT2D eigenvalue weighted by atomic mass is 19.1. The van der Waals surface area contributed by atoms with Crippen LogP contribution < -0.4 is 10.6 Å². The summed E-state index contributed by atoms with van der Waals surface area (Å²) in [6.07, 6.45) is 1.18. The van der Waals surface area contributed by atoms with Crippen LogP contribution in [-0.2, 0) is 0 Å². The zero-order chi connectivity index (χ0) is 19.4. The second-order valence-electron chi connectivity index (χ2n) is 7.18. The number of amides is 1. The summed E-state index contributed by atoms with van der Waals surface area (Å²) in [5.74, 6) is -0.686. The maximum absolute atomic E-state index is 14.0. The van der Waals surface area contributed by atoms with Gasteiger partial charge in [-0.1, -0.05) is 12.1 Å². The topological polar surface area (TPSA) is 74.6 Å². The van der Waals surface area contributed by atoms with E-state index in [1.54, 1.807) is 7.05 Å². The van der Waals surface area contributed by atoms with E-state index in [1.807, 2.05) is 35.7 Å². The molecule has 1 fully saturated rings. The zero-order valence-corrected chi connectivity index (χ0v) is 15.5. The Morgan fingerprint density at radius 1 is 1.25 bits per heavy atom. The van der Waals surface area contributed by atoms with E-state index in [-0.39, 0.29) is 11.9 Å². The Balaban J connectivity index is 1.84. The van der Waals surface area contributed by atoms with Gasteiger partial charge in [0.1, 0.15) is 17.0 Å². The molecule has 4 aromatic rings. The summed E-state index contributed by atoms with van der Waals surface area (Å²) < 4.78 is 15.8. The highest BCUT2D eigenvalue weighted by Crippen LogP contribution is 2.33. The number of hydrogen-bond acceptors (Lipinski definition) is 5. The first-order valence-electron chi connectivity index (χ1n) is 9.12. The van der Waals surface area contributed by atoms with Gasteiger partial charge in [-0.3, -0.25) is 9.20 Å². The number of carbonyl (C=O) groups is 1. The minimum absolute atomic E-state index is 0.0907. The lowest BCUT2D eigenvalue weighted by atomic mass is 10.1. The highest BCUT2D eigenvalue weighted by molar-refractivity contribution is 6.13. The number of imidazole rings is 1. The Morgan fingerprint density at radius 2 is 2.04 bits per heavy atom. The summed E-state index contributed by atoms with van der Waals surface area (Å²) in [5, 5.41) is 6.67. The number of para-hydroxylation sites is 2. The summed E-state index contributed by atoms with van der Waals surface area (Å²) >= 11 is 0. The Morgan fingerprint density at radius 3 is 2.79 bits per heavy atom. The quantitative estimate of drug-likeness (QED) is 0.572. The van der Waals surface area contributed by atoms with Crippen LogP contribution >= 0.6 is 0 Å². The lowest BCUT2D eigenvalue weighted by Crippen LogP contribution is -2.57. The fraction of sp³-hybridized carbons (Fsp3) is 0.250. The van der Waals surface area contributed by atoms with Crippen LogP contribution in [0.1, 0.15) is 10.4 Å². The second kappa shape index (κ2) is 6.13.